The van der Waals surface area contributed by atoms with E-state index in [2.05, 4.69) is 31.6 Å². The van der Waals surface area contributed by atoms with Gasteiger partial charge in [0.05, 0.1) is 34.3 Å². The minimum atomic E-state index is -1.29. The number of thiazole rings is 1. The average molecular weight is 1110 g/mol. The van der Waals surface area contributed by atoms with Crippen molar-refractivity contribution in [2.24, 2.45) is 11.1 Å². The lowest BCUT2D eigenvalue weighted by atomic mass is 9.85. The van der Waals surface area contributed by atoms with Crippen LogP contribution in [0.5, 0.6) is 0 Å². The molecule has 4 heterocycles. The van der Waals surface area contributed by atoms with E-state index in [-0.39, 0.29) is 63.0 Å². The summed E-state index contributed by atoms with van der Waals surface area (Å²) in [5.41, 5.74) is 13.0. The number of nitrogens with two attached hydrogens (primary N) is 1. The molecule has 79 heavy (non-hydrogen) atoms. The summed E-state index contributed by atoms with van der Waals surface area (Å²) in [6.07, 6.45) is 1.09. The number of para-hydroxylation sites is 1. The van der Waals surface area contributed by atoms with Gasteiger partial charge in [0.2, 0.25) is 35.4 Å². The van der Waals surface area contributed by atoms with Crippen molar-refractivity contribution in [2.75, 3.05) is 11.4 Å². The van der Waals surface area contributed by atoms with Gasteiger partial charge < -0.3 is 57.1 Å². The van der Waals surface area contributed by atoms with E-state index in [0.29, 0.717) is 25.7 Å². The molecule has 0 bridgehead atoms. The Morgan fingerprint density at radius 2 is 1.54 bits per heavy atom. The minimum Gasteiger partial charge on any atom is -0.444 e. The Balaban J connectivity index is 0.881. The number of carbonyl (C=O) groups is 7. The second-order valence-electron chi connectivity index (χ2n) is 23.3. The lowest BCUT2D eigenvalue weighted by molar-refractivity contribution is -0.144. The first-order valence-corrected chi connectivity index (χ1v) is 28.3. The molecule has 3 aromatic carbocycles. The molecule has 20 heteroatoms. The number of anilines is 1. The molecule has 7 rings (SSSR count). The number of aliphatic hydroxyl groups is 2. The second-order valence-corrected chi connectivity index (χ2v) is 24.2. The molecular weight excluding hydrogens is 1030 g/mol. The van der Waals surface area contributed by atoms with Gasteiger partial charge >= 0.3 is 6.09 Å². The number of benzene rings is 3. The number of rotatable bonds is 21. The number of alkyl carbamates (subject to hydrolysis) is 1. The number of nitrogens with zero attached hydrogens (tertiary/aromatic N) is 3. The molecule has 0 spiro atoms. The summed E-state index contributed by atoms with van der Waals surface area (Å²) < 4.78 is 5.47. The minimum absolute atomic E-state index is 0.0249. The normalized spacial score (nSPS) is 20.0. The van der Waals surface area contributed by atoms with Crippen molar-refractivity contribution in [3.63, 3.8) is 0 Å². The quantitative estimate of drug-likeness (QED) is 0.0478. The van der Waals surface area contributed by atoms with E-state index in [1.807, 2.05) is 107 Å². The van der Waals surface area contributed by atoms with Crippen LogP contribution in [0.4, 0.5) is 10.5 Å². The number of unbranched alkanes of at least 4 members (excludes halogenated alkanes) is 2. The van der Waals surface area contributed by atoms with E-state index in [4.69, 9.17) is 10.5 Å². The van der Waals surface area contributed by atoms with Crippen LogP contribution >= 0.6 is 11.3 Å². The highest BCUT2D eigenvalue weighted by atomic mass is 32.1. The fourth-order valence-electron chi connectivity index (χ4n) is 10.7. The van der Waals surface area contributed by atoms with Crippen LogP contribution in [0.2, 0.25) is 0 Å². The molecule has 3 aliphatic rings. The Labute approximate surface area is 467 Å². The lowest BCUT2D eigenvalue weighted by Crippen LogP contribution is -2.59. The standard InChI is InChI=1S/C59H79N9O10S/c1-34(38-20-22-40(23-21-38)50-35(2)62-33-79-50)63-53(73)45-30-42(69)32-67(45)56(76)51(58(3,4)5)66-48(71)19-11-9-10-14-36-15-12-16-37(28-36)31-61-52(72)43(26-27-47(60)70)64-54(74)46-29-41-18-13-17-39-24-25-44(55(75)68(46)49(39)41)65-57(77)78-59(6,7)8/h12-13,15-18,20-23,28,33-34,42-46,51,55,69,75H,9-11,14,19,24-27,29-32H2,1-8H3,(H2,60,70)(H,61,72)(H,63,73)(H,64,74)(H,65,77)(H,66,71)/t34-,42+,43-,44-,45-,46-,51?,55?/m0/s1. The first-order valence-electron chi connectivity index (χ1n) is 27.5. The maximum Gasteiger partial charge on any atom is 0.408 e. The number of likely N-dealkylation sites (tertiary alicyclic amines) is 1. The number of ether oxygens (including phenoxy) is 1. The van der Waals surface area contributed by atoms with E-state index in [1.165, 1.54) is 4.90 Å². The molecule has 8 atom stereocenters. The number of primary amides is 1. The van der Waals surface area contributed by atoms with Crippen molar-refractivity contribution in [1.29, 1.82) is 0 Å². The van der Waals surface area contributed by atoms with Gasteiger partial charge in [-0.15, -0.1) is 11.3 Å². The molecular formula is C59H79N9O10S. The third kappa shape index (κ3) is 15.7. The smallest absolute Gasteiger partial charge is 0.408 e. The molecule has 4 aromatic rings. The summed E-state index contributed by atoms with van der Waals surface area (Å²) in [7, 11) is 0. The van der Waals surface area contributed by atoms with Crippen LogP contribution in [0.25, 0.3) is 10.4 Å². The molecule has 19 nitrogen and oxygen atoms in total. The number of β-amino-alcohol motifs (C(OH)–C–C–N with tert-alkyl or cyclic N) is 1. The molecule has 0 saturated carbocycles. The van der Waals surface area contributed by atoms with Gasteiger partial charge in [-0.3, -0.25) is 28.8 Å². The summed E-state index contributed by atoms with van der Waals surface area (Å²) >= 11 is 1.57. The van der Waals surface area contributed by atoms with E-state index in [9.17, 15) is 43.8 Å². The second kappa shape index (κ2) is 25.9. The van der Waals surface area contributed by atoms with Crippen LogP contribution in [-0.2, 0) is 59.3 Å². The zero-order valence-electron chi connectivity index (χ0n) is 46.7. The van der Waals surface area contributed by atoms with Crippen molar-refractivity contribution < 1.29 is 48.5 Å². The molecule has 3 aliphatic heterocycles. The number of hydrogen-bond donors (Lipinski definition) is 8. The summed E-state index contributed by atoms with van der Waals surface area (Å²) in [5, 5.41) is 37.0. The third-order valence-electron chi connectivity index (χ3n) is 14.8. The maximum atomic E-state index is 14.2. The Bertz CT molecular complexity index is 2840. The van der Waals surface area contributed by atoms with Crippen LogP contribution < -0.4 is 37.2 Å². The third-order valence-corrected chi connectivity index (χ3v) is 15.8. The summed E-state index contributed by atoms with van der Waals surface area (Å²) in [6.45, 7) is 14.7. The highest BCUT2D eigenvalue weighted by Crippen LogP contribution is 2.41. The average Bonchev–Trinajstić information content (AvgIpc) is 4.33. The SMILES string of the molecule is Cc1ncsc1-c1ccc([C@H](C)NC(=O)[C@@H]2C[C@@H](O)CN2C(=O)C(NC(=O)CCCCCc2cccc(CNC(=O)[C@H](CCC(N)=O)NC(=O)[C@@H]3Cc4cccc5c4N3C(O)[C@@H](NC(=O)OC(C)(C)C)CC5)c2)C(C)(C)C)cc1. The van der Waals surface area contributed by atoms with Gasteiger partial charge in [-0.1, -0.05) is 93.9 Å². The van der Waals surface area contributed by atoms with Gasteiger partial charge in [0.1, 0.15) is 36.0 Å². The van der Waals surface area contributed by atoms with Crippen molar-refractivity contribution in [2.45, 2.75) is 187 Å². The maximum absolute atomic E-state index is 14.2. The fourth-order valence-corrected chi connectivity index (χ4v) is 11.5. The van der Waals surface area contributed by atoms with Gasteiger partial charge in [0.15, 0.2) is 0 Å². The zero-order chi connectivity index (χ0) is 57.3. The molecule has 0 radical (unpaired) electrons. The molecule has 7 amide bonds. The van der Waals surface area contributed by atoms with Crippen molar-refractivity contribution >= 4 is 58.6 Å². The Kier molecular flexibility index (Phi) is 19.6. The van der Waals surface area contributed by atoms with Crippen LogP contribution in [-0.4, -0.2) is 116 Å². The summed E-state index contributed by atoms with van der Waals surface area (Å²) in [4.78, 5) is 103. The first kappa shape index (κ1) is 59.8. The molecule has 1 fully saturated rings. The molecule has 2 unspecified atom stereocenters. The van der Waals surface area contributed by atoms with Crippen molar-refractivity contribution in [3.8, 4) is 10.4 Å². The largest absolute Gasteiger partial charge is 0.444 e. The molecule has 426 valence electrons. The van der Waals surface area contributed by atoms with Crippen molar-refractivity contribution in [1.82, 2.24) is 36.5 Å². The van der Waals surface area contributed by atoms with Gasteiger partial charge in [0.25, 0.3) is 0 Å². The molecule has 9 N–H and O–H groups in total. The predicted molar refractivity (Wildman–Crippen MR) is 301 cm³/mol. The number of aromatic nitrogens is 1. The van der Waals surface area contributed by atoms with Crippen LogP contribution in [0.1, 0.15) is 139 Å². The van der Waals surface area contributed by atoms with Gasteiger partial charge in [0, 0.05) is 44.5 Å². The zero-order valence-corrected chi connectivity index (χ0v) is 47.5. The van der Waals surface area contributed by atoms with Crippen molar-refractivity contribution in [3.05, 3.63) is 106 Å². The highest BCUT2D eigenvalue weighted by molar-refractivity contribution is 7.13. The van der Waals surface area contributed by atoms with E-state index in [0.717, 1.165) is 62.5 Å². The van der Waals surface area contributed by atoms with E-state index in [1.54, 1.807) is 37.0 Å². The number of aryl methyl sites for hydroxylation is 3. The van der Waals surface area contributed by atoms with Gasteiger partial charge in [-0.05, 0) is 112 Å². The first-order chi connectivity index (χ1) is 37.4. The topological polar surface area (TPSA) is 275 Å². The van der Waals surface area contributed by atoms with Gasteiger partial charge in [-0.2, -0.15) is 0 Å². The van der Waals surface area contributed by atoms with Crippen LogP contribution in [0.3, 0.4) is 0 Å². The number of aliphatic hydroxyl groups excluding tert-OH is 2. The predicted octanol–water partition coefficient (Wildman–Crippen LogP) is 5.55. The van der Waals surface area contributed by atoms with Gasteiger partial charge in [-0.25, -0.2) is 9.78 Å². The lowest BCUT2D eigenvalue weighted by Gasteiger charge is -2.35. The van der Waals surface area contributed by atoms with E-state index >= 15 is 0 Å². The van der Waals surface area contributed by atoms with Crippen LogP contribution in [0.15, 0.2) is 72.2 Å². The number of hydrogen-bond acceptors (Lipinski definition) is 13. The monoisotopic (exact) mass is 1110 g/mol. The summed E-state index contributed by atoms with van der Waals surface area (Å²) in [5.74, 6) is -2.77. The fraction of sp³-hybridized carbons (Fsp3) is 0.525. The Morgan fingerprint density at radius 3 is 2.23 bits per heavy atom. The van der Waals surface area contributed by atoms with E-state index < -0.39 is 83.3 Å². The Morgan fingerprint density at radius 1 is 0.848 bits per heavy atom. The number of carbonyl (C=O) groups excluding carboxylic acids is 7. The number of nitrogens with one attached hydrogen (secondary N) is 5. The molecule has 0 aliphatic carbocycles. The molecule has 1 aromatic heterocycles. The highest BCUT2D eigenvalue weighted by Gasteiger charge is 2.46. The number of amides is 7. The van der Waals surface area contributed by atoms with Crippen LogP contribution in [0, 0.1) is 12.3 Å². The summed E-state index contributed by atoms with van der Waals surface area (Å²) in [6, 6.07) is 16.3. The Hall–Kier alpha value is -6.90. The molecule has 1 saturated heterocycles.